The molecule has 1 amide bonds. The second-order valence-electron chi connectivity index (χ2n) is 7.07. The van der Waals surface area contributed by atoms with E-state index >= 15 is 0 Å². The fraction of sp³-hybridized carbons (Fsp3) is 0.611. The normalized spacial score (nSPS) is 37.6. The predicted molar refractivity (Wildman–Crippen MR) is 80.9 cm³/mol. The molecule has 3 nitrogen and oxygen atoms in total. The maximum atomic E-state index is 12.8. The molecule has 2 fully saturated rings. The lowest BCUT2D eigenvalue weighted by molar-refractivity contribution is -0.136. The van der Waals surface area contributed by atoms with E-state index in [1.165, 1.54) is 11.1 Å². The van der Waals surface area contributed by atoms with Gasteiger partial charge in [-0.3, -0.25) is 4.79 Å². The Hall–Kier alpha value is -1.35. The van der Waals surface area contributed by atoms with E-state index < -0.39 is 0 Å². The van der Waals surface area contributed by atoms with E-state index in [4.69, 9.17) is 0 Å². The van der Waals surface area contributed by atoms with Gasteiger partial charge in [0.2, 0.25) is 5.91 Å². The number of rotatable bonds is 1. The van der Waals surface area contributed by atoms with Crippen LogP contribution in [0.25, 0.3) is 0 Å². The number of amides is 1. The molecule has 1 aliphatic heterocycles. The first-order valence-corrected chi connectivity index (χ1v) is 8.21. The monoisotopic (exact) mass is 285 g/mol. The van der Waals surface area contributed by atoms with E-state index in [-0.39, 0.29) is 17.9 Å². The smallest absolute Gasteiger partial charge is 0.226 e. The highest BCUT2D eigenvalue weighted by Gasteiger charge is 2.58. The Labute approximate surface area is 126 Å². The molecule has 2 aliphatic carbocycles. The van der Waals surface area contributed by atoms with Gasteiger partial charge in [0.1, 0.15) is 0 Å². The standard InChI is InChI=1S/C18H23NO2/c1-11-10-19(9-8-15(11)20)18(21)17-14-7-6-12-4-2-3-5-13(12)16(14)17/h2-5,11,14-17,20H,6-10H2,1H3. The lowest BCUT2D eigenvalue weighted by atomic mass is 9.92. The highest BCUT2D eigenvalue weighted by Crippen LogP contribution is 2.60. The van der Waals surface area contributed by atoms with E-state index in [1.54, 1.807) is 0 Å². The Balaban J connectivity index is 1.51. The van der Waals surface area contributed by atoms with Gasteiger partial charge in [-0.25, -0.2) is 0 Å². The van der Waals surface area contributed by atoms with Crippen molar-refractivity contribution in [1.82, 2.24) is 4.90 Å². The van der Waals surface area contributed by atoms with Crippen LogP contribution in [0.3, 0.4) is 0 Å². The van der Waals surface area contributed by atoms with Crippen molar-refractivity contribution in [2.45, 2.75) is 38.2 Å². The van der Waals surface area contributed by atoms with Crippen molar-refractivity contribution >= 4 is 5.91 Å². The van der Waals surface area contributed by atoms with Crippen LogP contribution in [0.1, 0.15) is 36.8 Å². The van der Waals surface area contributed by atoms with Gasteiger partial charge in [-0.2, -0.15) is 0 Å². The second-order valence-corrected chi connectivity index (χ2v) is 7.07. The molecule has 0 radical (unpaired) electrons. The number of aliphatic hydroxyl groups excluding tert-OH is 1. The molecular weight excluding hydrogens is 262 g/mol. The number of piperidine rings is 1. The Kier molecular flexibility index (Phi) is 3.07. The number of likely N-dealkylation sites (tertiary alicyclic amines) is 1. The quantitative estimate of drug-likeness (QED) is 0.859. The molecule has 1 aromatic carbocycles. The minimum atomic E-state index is -0.240. The van der Waals surface area contributed by atoms with Crippen molar-refractivity contribution in [3.63, 3.8) is 0 Å². The summed E-state index contributed by atoms with van der Waals surface area (Å²) in [6.07, 6.45) is 2.77. The van der Waals surface area contributed by atoms with Crippen molar-refractivity contribution in [3.05, 3.63) is 35.4 Å². The molecule has 1 heterocycles. The molecule has 1 saturated carbocycles. The Bertz CT molecular complexity index is 570. The topological polar surface area (TPSA) is 40.5 Å². The summed E-state index contributed by atoms with van der Waals surface area (Å²) in [5.41, 5.74) is 2.86. The first-order chi connectivity index (χ1) is 10.2. The third-order valence-electron chi connectivity index (χ3n) is 5.79. The number of fused-ring (bicyclic) bond motifs is 3. The van der Waals surface area contributed by atoms with Crippen LogP contribution in [-0.4, -0.2) is 35.1 Å². The van der Waals surface area contributed by atoms with Gasteiger partial charge in [0, 0.05) is 19.0 Å². The van der Waals surface area contributed by atoms with Crippen molar-refractivity contribution in [2.75, 3.05) is 13.1 Å². The van der Waals surface area contributed by atoms with Crippen LogP contribution in [0.15, 0.2) is 24.3 Å². The van der Waals surface area contributed by atoms with Gasteiger partial charge < -0.3 is 10.0 Å². The summed E-state index contributed by atoms with van der Waals surface area (Å²) >= 11 is 0. The van der Waals surface area contributed by atoms with Crippen molar-refractivity contribution in [2.24, 2.45) is 17.8 Å². The molecule has 112 valence electrons. The molecule has 1 N–H and O–H groups in total. The fourth-order valence-electron chi connectivity index (χ4n) is 4.45. The third kappa shape index (κ3) is 2.10. The molecule has 1 saturated heterocycles. The van der Waals surface area contributed by atoms with Crippen LogP contribution in [-0.2, 0) is 11.2 Å². The van der Waals surface area contributed by atoms with Gasteiger partial charge in [-0.15, -0.1) is 0 Å². The summed E-state index contributed by atoms with van der Waals surface area (Å²) in [6, 6.07) is 8.62. The highest BCUT2D eigenvalue weighted by molar-refractivity contribution is 5.84. The van der Waals surface area contributed by atoms with Crippen LogP contribution in [0.2, 0.25) is 0 Å². The zero-order valence-corrected chi connectivity index (χ0v) is 12.5. The zero-order valence-electron chi connectivity index (χ0n) is 12.5. The summed E-state index contributed by atoms with van der Waals surface area (Å²) in [6.45, 7) is 3.48. The molecule has 0 aromatic heterocycles. The lowest BCUT2D eigenvalue weighted by Crippen LogP contribution is -2.45. The summed E-state index contributed by atoms with van der Waals surface area (Å²) in [4.78, 5) is 14.8. The van der Waals surface area contributed by atoms with Gasteiger partial charge >= 0.3 is 0 Å². The number of benzene rings is 1. The first kappa shape index (κ1) is 13.3. The van der Waals surface area contributed by atoms with Crippen LogP contribution >= 0.6 is 0 Å². The van der Waals surface area contributed by atoms with Crippen molar-refractivity contribution < 1.29 is 9.90 Å². The molecule has 5 unspecified atom stereocenters. The van der Waals surface area contributed by atoms with Gasteiger partial charge in [0.25, 0.3) is 0 Å². The van der Waals surface area contributed by atoms with Gasteiger partial charge in [0.05, 0.1) is 6.10 Å². The molecule has 1 aromatic rings. The van der Waals surface area contributed by atoms with E-state index in [0.717, 1.165) is 32.4 Å². The van der Waals surface area contributed by atoms with E-state index in [2.05, 4.69) is 24.3 Å². The summed E-state index contributed by atoms with van der Waals surface area (Å²) < 4.78 is 0. The average molecular weight is 285 g/mol. The van der Waals surface area contributed by atoms with Gasteiger partial charge in [-0.05, 0) is 48.1 Å². The number of carbonyl (C=O) groups is 1. The Morgan fingerprint density at radius 3 is 2.90 bits per heavy atom. The maximum absolute atomic E-state index is 12.8. The molecule has 5 atom stereocenters. The molecule has 4 rings (SSSR count). The average Bonchev–Trinajstić information content (AvgIpc) is 3.24. The van der Waals surface area contributed by atoms with Crippen molar-refractivity contribution in [1.29, 1.82) is 0 Å². The molecular formula is C18H23NO2. The molecule has 3 heteroatoms. The molecule has 21 heavy (non-hydrogen) atoms. The van der Waals surface area contributed by atoms with Crippen LogP contribution in [0, 0.1) is 17.8 Å². The van der Waals surface area contributed by atoms with Crippen LogP contribution in [0.4, 0.5) is 0 Å². The SMILES string of the molecule is CC1CN(C(=O)C2C3CCc4ccccc4C32)CCC1O. The van der Waals surface area contributed by atoms with E-state index in [9.17, 15) is 9.90 Å². The minimum absolute atomic E-state index is 0.204. The maximum Gasteiger partial charge on any atom is 0.226 e. The molecule has 3 aliphatic rings. The predicted octanol–water partition coefficient (Wildman–Crippen LogP) is 2.19. The number of carbonyl (C=O) groups excluding carboxylic acids is 1. The van der Waals surface area contributed by atoms with Crippen LogP contribution in [0.5, 0.6) is 0 Å². The number of aryl methyl sites for hydroxylation is 1. The number of hydrogen-bond acceptors (Lipinski definition) is 2. The summed E-state index contributed by atoms with van der Waals surface area (Å²) in [7, 11) is 0. The second kappa shape index (κ2) is 4.84. The van der Waals surface area contributed by atoms with Gasteiger partial charge in [-0.1, -0.05) is 31.2 Å². The lowest BCUT2D eigenvalue weighted by Gasteiger charge is -2.34. The summed E-state index contributed by atoms with van der Waals surface area (Å²) in [5.74, 6) is 1.77. The Morgan fingerprint density at radius 1 is 1.29 bits per heavy atom. The van der Waals surface area contributed by atoms with Gasteiger partial charge in [0.15, 0.2) is 0 Å². The summed E-state index contributed by atoms with van der Waals surface area (Å²) in [5, 5.41) is 9.83. The van der Waals surface area contributed by atoms with Crippen molar-refractivity contribution in [3.8, 4) is 0 Å². The largest absolute Gasteiger partial charge is 0.393 e. The molecule has 0 bridgehead atoms. The minimum Gasteiger partial charge on any atom is -0.393 e. The van der Waals surface area contributed by atoms with E-state index in [0.29, 0.717) is 17.7 Å². The first-order valence-electron chi connectivity index (χ1n) is 8.21. The van der Waals surface area contributed by atoms with Crippen LogP contribution < -0.4 is 0 Å². The number of nitrogens with zero attached hydrogens (tertiary/aromatic N) is 1. The highest BCUT2D eigenvalue weighted by atomic mass is 16.3. The number of hydrogen-bond donors (Lipinski definition) is 1. The zero-order chi connectivity index (χ0) is 14.6. The molecule has 0 spiro atoms. The third-order valence-corrected chi connectivity index (χ3v) is 5.79. The fourth-order valence-corrected chi connectivity index (χ4v) is 4.45. The Morgan fingerprint density at radius 2 is 2.10 bits per heavy atom. The van der Waals surface area contributed by atoms with E-state index in [1.807, 2.05) is 11.8 Å². The number of aliphatic hydroxyl groups is 1.